The predicted molar refractivity (Wildman–Crippen MR) is 145 cm³/mol. The molecule has 5 rings (SSSR count). The molecule has 0 aliphatic carbocycles. The summed E-state index contributed by atoms with van der Waals surface area (Å²) in [6.45, 7) is 0.933. The molecule has 0 radical (unpaired) electrons. The van der Waals surface area contributed by atoms with Crippen molar-refractivity contribution in [2.24, 2.45) is 5.73 Å². The van der Waals surface area contributed by atoms with Gasteiger partial charge in [0.2, 0.25) is 0 Å². The highest BCUT2D eigenvalue weighted by Crippen LogP contribution is 2.32. The molecule has 0 atom stereocenters. The summed E-state index contributed by atoms with van der Waals surface area (Å²) in [7, 11) is 0. The van der Waals surface area contributed by atoms with Gasteiger partial charge in [-0.05, 0) is 76.2 Å². The van der Waals surface area contributed by atoms with E-state index in [0.29, 0.717) is 18.7 Å². The van der Waals surface area contributed by atoms with E-state index in [1.54, 1.807) is 0 Å². The first kappa shape index (κ1) is 22.1. The lowest BCUT2D eigenvalue weighted by Gasteiger charge is -2.11. The summed E-state index contributed by atoms with van der Waals surface area (Å²) in [5.41, 5.74) is 11.9. The Morgan fingerprint density at radius 1 is 1.00 bits per heavy atom. The average molecular weight is 611 g/mol. The van der Waals surface area contributed by atoms with Gasteiger partial charge in [0.15, 0.2) is 0 Å². The minimum Gasteiger partial charge on any atom is -0.360 e. The molecule has 0 saturated carbocycles. The first-order valence-corrected chi connectivity index (χ1v) is 12.3. The second-order valence-electron chi connectivity index (χ2n) is 7.81. The maximum Gasteiger partial charge on any atom is 0.252 e. The number of carbonyl (C=O) groups excluding carboxylic acids is 1. The van der Waals surface area contributed by atoms with E-state index in [-0.39, 0.29) is 5.91 Å². The van der Waals surface area contributed by atoms with Crippen LogP contribution >= 0.6 is 38.5 Å². The lowest BCUT2D eigenvalue weighted by molar-refractivity contribution is 0.0952. The number of aromatic amines is 1. The van der Waals surface area contributed by atoms with Crippen LogP contribution in [0.1, 0.15) is 21.5 Å². The third-order valence-corrected chi connectivity index (χ3v) is 6.81. The molecule has 1 amide bonds. The molecule has 5 nitrogen and oxygen atoms in total. The summed E-state index contributed by atoms with van der Waals surface area (Å²) in [6.07, 6.45) is 1.95. The van der Waals surface area contributed by atoms with E-state index in [2.05, 4.69) is 67.0 Å². The number of benzene rings is 3. The van der Waals surface area contributed by atoms with Gasteiger partial charge in [0.25, 0.3) is 5.91 Å². The van der Waals surface area contributed by atoms with Crippen molar-refractivity contribution in [2.45, 2.75) is 13.1 Å². The van der Waals surface area contributed by atoms with Crippen LogP contribution in [0.4, 0.5) is 0 Å². The van der Waals surface area contributed by atoms with E-state index in [9.17, 15) is 4.79 Å². The van der Waals surface area contributed by atoms with Gasteiger partial charge in [0.1, 0.15) is 0 Å². The van der Waals surface area contributed by atoms with Crippen molar-refractivity contribution in [1.29, 1.82) is 0 Å². The molecule has 0 aliphatic heterocycles. The summed E-state index contributed by atoms with van der Waals surface area (Å²) >= 11 is 5.83. The molecule has 0 bridgehead atoms. The molecule has 33 heavy (non-hydrogen) atoms. The first-order valence-electron chi connectivity index (χ1n) is 10.5. The fraction of sp³-hybridized carbons (Fsp3) is 0.0769. The molecule has 7 heteroatoms. The van der Waals surface area contributed by atoms with Crippen LogP contribution in [0.15, 0.2) is 77.4 Å². The number of amides is 1. The van der Waals surface area contributed by atoms with Gasteiger partial charge in [-0.1, -0.05) is 40.2 Å². The van der Waals surface area contributed by atoms with Gasteiger partial charge in [-0.25, -0.2) is 4.98 Å². The zero-order valence-corrected chi connectivity index (χ0v) is 21.3. The number of halogens is 2. The van der Waals surface area contributed by atoms with Gasteiger partial charge in [-0.3, -0.25) is 4.79 Å². The second kappa shape index (κ2) is 9.24. The molecule has 0 aliphatic rings. The highest BCUT2D eigenvalue weighted by molar-refractivity contribution is 14.1. The van der Waals surface area contributed by atoms with Crippen molar-refractivity contribution in [2.75, 3.05) is 0 Å². The summed E-state index contributed by atoms with van der Waals surface area (Å²) in [4.78, 5) is 21.5. The largest absolute Gasteiger partial charge is 0.360 e. The van der Waals surface area contributed by atoms with Crippen LogP contribution in [0.2, 0.25) is 0 Å². The van der Waals surface area contributed by atoms with E-state index in [1.807, 2.05) is 54.7 Å². The number of aromatic nitrogens is 2. The number of rotatable bonds is 5. The van der Waals surface area contributed by atoms with Crippen molar-refractivity contribution in [1.82, 2.24) is 15.3 Å². The number of hydrogen-bond acceptors (Lipinski definition) is 3. The number of H-pyrrole nitrogens is 1. The summed E-state index contributed by atoms with van der Waals surface area (Å²) < 4.78 is 2.04. The van der Waals surface area contributed by atoms with Crippen LogP contribution in [-0.4, -0.2) is 15.9 Å². The topological polar surface area (TPSA) is 83.8 Å². The van der Waals surface area contributed by atoms with Crippen LogP contribution in [0, 0.1) is 3.57 Å². The lowest BCUT2D eigenvalue weighted by atomic mass is 10.0. The molecule has 2 aromatic heterocycles. The van der Waals surface area contributed by atoms with Crippen LogP contribution in [0.5, 0.6) is 0 Å². The molecule has 5 aromatic rings. The summed E-state index contributed by atoms with van der Waals surface area (Å²) in [5.74, 6) is -0.140. The molecule has 3 aromatic carbocycles. The molecule has 164 valence electrons. The van der Waals surface area contributed by atoms with Gasteiger partial charge in [-0.2, -0.15) is 0 Å². The molecular formula is C26H20BrIN4O. The molecule has 4 N–H and O–H groups in total. The van der Waals surface area contributed by atoms with Crippen LogP contribution in [0.3, 0.4) is 0 Å². The standard InChI is InChI=1S/C26H20BrIN4O/c27-17-5-7-24-19(9-17)21(26(33)31-13-16-3-1-15(12-29)2-4-16)11-25(32-24)22-14-30-23-8-6-18(28)10-20(22)23/h1-11,14,30H,12-13,29H2,(H,31,33). The van der Waals surface area contributed by atoms with Gasteiger partial charge < -0.3 is 16.0 Å². The van der Waals surface area contributed by atoms with Crippen molar-refractivity contribution >= 4 is 66.2 Å². The van der Waals surface area contributed by atoms with E-state index in [0.717, 1.165) is 52.2 Å². The second-order valence-corrected chi connectivity index (χ2v) is 9.97. The third-order valence-electron chi connectivity index (χ3n) is 5.65. The monoisotopic (exact) mass is 610 g/mol. The summed E-state index contributed by atoms with van der Waals surface area (Å²) in [6, 6.07) is 21.9. The average Bonchev–Trinajstić information content (AvgIpc) is 3.25. The number of nitrogens with two attached hydrogens (primary N) is 1. The van der Waals surface area contributed by atoms with Gasteiger partial charge >= 0.3 is 0 Å². The fourth-order valence-electron chi connectivity index (χ4n) is 3.90. The Hall–Kier alpha value is -2.75. The number of nitrogens with one attached hydrogen (secondary N) is 2. The van der Waals surface area contributed by atoms with Gasteiger partial charge in [0.05, 0.1) is 16.8 Å². The molecule has 2 heterocycles. The quantitative estimate of drug-likeness (QED) is 0.209. The highest BCUT2D eigenvalue weighted by Gasteiger charge is 2.16. The fourth-order valence-corrected chi connectivity index (χ4v) is 4.75. The Morgan fingerprint density at radius 2 is 1.79 bits per heavy atom. The van der Waals surface area contributed by atoms with Crippen LogP contribution in [-0.2, 0) is 13.1 Å². The Labute approximate surface area is 213 Å². The zero-order chi connectivity index (χ0) is 22.9. The van der Waals surface area contributed by atoms with E-state index in [4.69, 9.17) is 10.7 Å². The van der Waals surface area contributed by atoms with E-state index < -0.39 is 0 Å². The summed E-state index contributed by atoms with van der Waals surface area (Å²) in [5, 5.41) is 4.95. The maximum absolute atomic E-state index is 13.3. The number of pyridine rings is 1. The van der Waals surface area contributed by atoms with E-state index >= 15 is 0 Å². The SMILES string of the molecule is NCc1ccc(CNC(=O)c2cc(-c3c[nH]c4ccc(I)cc34)nc3ccc(Br)cc23)cc1. The number of carbonyl (C=O) groups is 1. The number of hydrogen-bond donors (Lipinski definition) is 3. The minimum absolute atomic E-state index is 0.140. The normalized spacial score (nSPS) is 11.2. The predicted octanol–water partition coefficient (Wildman–Crippen LogP) is 6.14. The van der Waals surface area contributed by atoms with Crippen molar-refractivity contribution < 1.29 is 4.79 Å². The Bertz CT molecular complexity index is 1490. The molecule has 0 saturated heterocycles. The lowest BCUT2D eigenvalue weighted by Crippen LogP contribution is -2.23. The Kier molecular flexibility index (Phi) is 6.18. The zero-order valence-electron chi connectivity index (χ0n) is 17.5. The molecule has 0 fully saturated rings. The van der Waals surface area contributed by atoms with Crippen molar-refractivity contribution in [3.63, 3.8) is 0 Å². The van der Waals surface area contributed by atoms with Crippen LogP contribution in [0.25, 0.3) is 33.1 Å². The Balaban J connectivity index is 1.55. The maximum atomic E-state index is 13.3. The highest BCUT2D eigenvalue weighted by atomic mass is 127. The van der Waals surface area contributed by atoms with Crippen molar-refractivity contribution in [3.05, 3.63) is 97.7 Å². The third kappa shape index (κ3) is 4.53. The molecule has 0 spiro atoms. The van der Waals surface area contributed by atoms with E-state index in [1.165, 1.54) is 0 Å². The minimum atomic E-state index is -0.140. The number of nitrogens with zero attached hydrogens (tertiary/aromatic N) is 1. The smallest absolute Gasteiger partial charge is 0.252 e. The van der Waals surface area contributed by atoms with Gasteiger partial charge in [-0.15, -0.1) is 0 Å². The molecular weight excluding hydrogens is 591 g/mol. The Morgan fingerprint density at radius 3 is 2.58 bits per heavy atom. The molecule has 0 unspecified atom stereocenters. The van der Waals surface area contributed by atoms with Gasteiger partial charge in [0, 0.05) is 49.2 Å². The van der Waals surface area contributed by atoms with Crippen molar-refractivity contribution in [3.8, 4) is 11.3 Å². The number of fused-ring (bicyclic) bond motifs is 2. The van der Waals surface area contributed by atoms with Crippen LogP contribution < -0.4 is 11.1 Å². The first-order chi connectivity index (χ1) is 16.0.